The zero-order valence-electron chi connectivity index (χ0n) is 16.7. The van der Waals surface area contributed by atoms with Crippen molar-refractivity contribution in [2.24, 2.45) is 23.7 Å². The topological polar surface area (TPSA) is 66.5 Å². The van der Waals surface area contributed by atoms with Gasteiger partial charge in [-0.15, -0.1) is 0 Å². The first-order valence-corrected chi connectivity index (χ1v) is 10.5. The number of allylic oxidation sites excluding steroid dienone is 2. The second-order valence-corrected chi connectivity index (χ2v) is 8.88. The fraction of sp³-hybridized carbons (Fsp3) is 0.292. The number of hydrogen-bond acceptors (Lipinski definition) is 3. The summed E-state index contributed by atoms with van der Waals surface area (Å²) in [5.41, 5.74) is 3.74. The van der Waals surface area contributed by atoms with Gasteiger partial charge in [-0.1, -0.05) is 29.3 Å². The minimum Gasteiger partial charge on any atom is -0.322 e. The first-order chi connectivity index (χ1) is 14.3. The highest BCUT2D eigenvalue weighted by atomic mass is 35.5. The van der Waals surface area contributed by atoms with Crippen LogP contribution in [-0.2, 0) is 9.59 Å². The maximum absolute atomic E-state index is 13.0. The lowest BCUT2D eigenvalue weighted by molar-refractivity contribution is -0.123. The third kappa shape index (κ3) is 2.80. The van der Waals surface area contributed by atoms with E-state index in [1.54, 1.807) is 36.4 Å². The summed E-state index contributed by atoms with van der Waals surface area (Å²) < 4.78 is 0. The minimum atomic E-state index is -0.277. The highest BCUT2D eigenvalue weighted by Gasteiger charge is 2.60. The van der Waals surface area contributed by atoms with Crippen molar-refractivity contribution < 1.29 is 14.4 Å². The van der Waals surface area contributed by atoms with Crippen LogP contribution >= 0.6 is 11.6 Å². The number of halogens is 1. The summed E-state index contributed by atoms with van der Waals surface area (Å²) in [7, 11) is 0. The van der Waals surface area contributed by atoms with Crippen LogP contribution < -0.4 is 10.2 Å². The number of amides is 3. The van der Waals surface area contributed by atoms with E-state index in [0.717, 1.165) is 12.0 Å². The van der Waals surface area contributed by atoms with Gasteiger partial charge in [-0.25, -0.2) is 0 Å². The van der Waals surface area contributed by atoms with Gasteiger partial charge >= 0.3 is 0 Å². The van der Waals surface area contributed by atoms with Crippen molar-refractivity contribution in [3.8, 4) is 0 Å². The SMILES string of the molecule is CC1=C[C@@H]2C[C@@H]1[C@@H]1C(=O)N(c3ccc(C(=O)Nc4cc(Cl)ccc4C)cc3)C(=O)[C@@H]12. The van der Waals surface area contributed by atoms with Gasteiger partial charge in [-0.2, -0.15) is 0 Å². The molecule has 0 unspecified atom stereocenters. The standard InChI is InChI=1S/C24H21ClN2O3/c1-12-3-6-16(25)11-19(12)26-22(28)14-4-7-17(8-5-14)27-23(29)20-15-9-13(2)18(10-15)21(20)24(27)30/h3-9,11,15,18,20-21H,10H2,1-2H3,(H,26,28)/t15-,18+,20-,21+/m1/s1. The summed E-state index contributed by atoms with van der Waals surface area (Å²) >= 11 is 6.02. The Morgan fingerprint density at radius 2 is 1.73 bits per heavy atom. The summed E-state index contributed by atoms with van der Waals surface area (Å²) in [6.07, 6.45) is 3.07. The molecule has 0 spiro atoms. The number of nitrogens with zero attached hydrogens (tertiary/aromatic N) is 1. The quantitative estimate of drug-likeness (QED) is 0.582. The van der Waals surface area contributed by atoms with Crippen LogP contribution in [0.5, 0.6) is 0 Å². The molecule has 152 valence electrons. The van der Waals surface area contributed by atoms with E-state index in [1.807, 2.05) is 13.0 Å². The van der Waals surface area contributed by atoms with E-state index in [1.165, 1.54) is 10.5 Å². The van der Waals surface area contributed by atoms with Crippen LogP contribution in [0.15, 0.2) is 54.1 Å². The van der Waals surface area contributed by atoms with Crippen molar-refractivity contribution in [2.45, 2.75) is 20.3 Å². The number of rotatable bonds is 3. The molecule has 1 saturated heterocycles. The van der Waals surface area contributed by atoms with Crippen molar-refractivity contribution in [3.63, 3.8) is 0 Å². The summed E-state index contributed by atoms with van der Waals surface area (Å²) in [6, 6.07) is 11.9. The molecule has 2 bridgehead atoms. The molecule has 30 heavy (non-hydrogen) atoms. The van der Waals surface area contributed by atoms with Crippen LogP contribution in [0.2, 0.25) is 5.02 Å². The van der Waals surface area contributed by atoms with Gasteiger partial charge in [-0.3, -0.25) is 19.3 Å². The van der Waals surface area contributed by atoms with Crippen LogP contribution in [0.25, 0.3) is 0 Å². The molecule has 2 aliphatic carbocycles. The fourth-order valence-corrected chi connectivity index (χ4v) is 5.39. The maximum atomic E-state index is 13.0. The Kier molecular flexibility index (Phi) is 4.33. The predicted octanol–water partition coefficient (Wildman–Crippen LogP) is 4.60. The average molecular weight is 421 g/mol. The lowest BCUT2D eigenvalue weighted by Gasteiger charge is -2.19. The molecule has 0 aromatic heterocycles. The number of aryl methyl sites for hydroxylation is 1. The van der Waals surface area contributed by atoms with E-state index in [0.29, 0.717) is 22.0 Å². The number of benzene rings is 2. The van der Waals surface area contributed by atoms with Crippen LogP contribution in [0, 0.1) is 30.6 Å². The van der Waals surface area contributed by atoms with Crippen molar-refractivity contribution in [2.75, 3.05) is 10.2 Å². The molecule has 1 N–H and O–H groups in total. The van der Waals surface area contributed by atoms with Crippen LogP contribution in [0.4, 0.5) is 11.4 Å². The molecule has 3 amide bonds. The Hall–Kier alpha value is -2.92. The first-order valence-electron chi connectivity index (χ1n) is 10.1. The van der Waals surface area contributed by atoms with Gasteiger partial charge in [0.1, 0.15) is 0 Å². The molecule has 0 radical (unpaired) electrons. The first kappa shape index (κ1) is 19.1. The van der Waals surface area contributed by atoms with E-state index >= 15 is 0 Å². The Bertz CT molecular complexity index is 1120. The Labute approximate surface area is 179 Å². The molecule has 1 heterocycles. The zero-order chi connectivity index (χ0) is 21.2. The second kappa shape index (κ2) is 6.81. The second-order valence-electron chi connectivity index (χ2n) is 8.44. The molecule has 5 rings (SSSR count). The normalized spacial score (nSPS) is 26.8. The van der Waals surface area contributed by atoms with E-state index in [-0.39, 0.29) is 41.4 Å². The monoisotopic (exact) mass is 420 g/mol. The molecule has 2 fully saturated rings. The molecule has 3 aliphatic rings. The van der Waals surface area contributed by atoms with Crippen molar-refractivity contribution in [3.05, 3.63) is 70.3 Å². The lowest BCUT2D eigenvalue weighted by atomic mass is 9.82. The number of anilines is 2. The third-order valence-corrected chi connectivity index (χ3v) is 6.95. The van der Waals surface area contributed by atoms with Crippen LogP contribution in [-0.4, -0.2) is 17.7 Å². The molecular weight excluding hydrogens is 400 g/mol. The number of hydrogen-bond donors (Lipinski definition) is 1. The van der Waals surface area contributed by atoms with Gasteiger partial charge in [0.2, 0.25) is 11.8 Å². The van der Waals surface area contributed by atoms with E-state index in [2.05, 4.69) is 18.3 Å². The summed E-state index contributed by atoms with van der Waals surface area (Å²) in [4.78, 5) is 40.0. The molecule has 2 aromatic rings. The molecule has 4 atom stereocenters. The Morgan fingerprint density at radius 3 is 2.47 bits per heavy atom. The van der Waals surface area contributed by atoms with Crippen molar-refractivity contribution >= 4 is 40.7 Å². The summed E-state index contributed by atoms with van der Waals surface area (Å²) in [5, 5.41) is 3.40. The number of carbonyl (C=O) groups is 3. The number of nitrogens with one attached hydrogen (secondary N) is 1. The molecule has 1 aliphatic heterocycles. The largest absolute Gasteiger partial charge is 0.322 e. The van der Waals surface area contributed by atoms with Gasteiger partial charge in [0.15, 0.2) is 0 Å². The van der Waals surface area contributed by atoms with Crippen molar-refractivity contribution in [1.82, 2.24) is 0 Å². The van der Waals surface area contributed by atoms with Crippen LogP contribution in [0.1, 0.15) is 29.3 Å². The van der Waals surface area contributed by atoms with Gasteiger partial charge < -0.3 is 5.32 Å². The predicted molar refractivity (Wildman–Crippen MR) is 115 cm³/mol. The van der Waals surface area contributed by atoms with E-state index in [4.69, 9.17) is 11.6 Å². The Morgan fingerprint density at radius 1 is 1.03 bits per heavy atom. The highest BCUT2D eigenvalue weighted by molar-refractivity contribution is 6.31. The fourth-order valence-electron chi connectivity index (χ4n) is 5.21. The Balaban J connectivity index is 1.36. The zero-order valence-corrected chi connectivity index (χ0v) is 17.4. The third-order valence-electron chi connectivity index (χ3n) is 6.72. The highest BCUT2D eigenvalue weighted by Crippen LogP contribution is 2.55. The molecule has 1 saturated carbocycles. The van der Waals surface area contributed by atoms with Crippen LogP contribution in [0.3, 0.4) is 0 Å². The average Bonchev–Trinajstić information content (AvgIpc) is 3.35. The number of fused-ring (bicyclic) bond motifs is 5. The lowest BCUT2D eigenvalue weighted by Crippen LogP contribution is -2.33. The van der Waals surface area contributed by atoms with Gasteiger partial charge in [-0.05, 0) is 74.1 Å². The van der Waals surface area contributed by atoms with E-state index in [9.17, 15) is 14.4 Å². The van der Waals surface area contributed by atoms with Gasteiger partial charge in [0.25, 0.3) is 5.91 Å². The van der Waals surface area contributed by atoms with Gasteiger partial charge in [0, 0.05) is 16.3 Å². The molecule has 6 heteroatoms. The summed E-state index contributed by atoms with van der Waals surface area (Å²) in [5.74, 6) is -0.619. The smallest absolute Gasteiger partial charge is 0.255 e. The minimum absolute atomic E-state index is 0.114. The summed E-state index contributed by atoms with van der Waals surface area (Å²) in [6.45, 7) is 3.94. The van der Waals surface area contributed by atoms with Crippen molar-refractivity contribution in [1.29, 1.82) is 0 Å². The number of carbonyl (C=O) groups excluding carboxylic acids is 3. The molecule has 2 aromatic carbocycles. The van der Waals surface area contributed by atoms with Gasteiger partial charge in [0.05, 0.1) is 17.5 Å². The maximum Gasteiger partial charge on any atom is 0.255 e. The molecular formula is C24H21ClN2O3. The molecule has 5 nitrogen and oxygen atoms in total. The number of imide groups is 1. The van der Waals surface area contributed by atoms with E-state index < -0.39 is 0 Å².